The van der Waals surface area contributed by atoms with E-state index in [1.807, 2.05) is 35.9 Å². The summed E-state index contributed by atoms with van der Waals surface area (Å²) >= 11 is 0. The number of hydrogen-bond acceptors (Lipinski definition) is 5. The molecule has 0 fully saturated rings. The van der Waals surface area contributed by atoms with E-state index in [0.29, 0.717) is 5.82 Å². The van der Waals surface area contributed by atoms with Crippen LogP contribution in [0.15, 0.2) is 52.6 Å². The average Bonchev–Trinajstić information content (AvgIpc) is 2.95. The van der Waals surface area contributed by atoms with Crippen molar-refractivity contribution in [2.45, 2.75) is 6.54 Å². The number of imidazole rings is 1. The molecule has 0 atom stereocenters. The van der Waals surface area contributed by atoms with Crippen molar-refractivity contribution in [2.75, 3.05) is 12.3 Å². The van der Waals surface area contributed by atoms with Crippen LogP contribution in [0.1, 0.15) is 5.82 Å². The van der Waals surface area contributed by atoms with Crippen molar-refractivity contribution in [1.82, 2.24) is 19.8 Å². The number of nitrogens with one attached hydrogen (secondary N) is 1. The number of hydrogen-bond donors (Lipinski definition) is 1. The van der Waals surface area contributed by atoms with E-state index < -0.39 is 10.0 Å². The number of fused-ring (bicyclic) bond motifs is 2. The van der Waals surface area contributed by atoms with E-state index in [4.69, 9.17) is 0 Å². The number of para-hydroxylation sites is 2. The van der Waals surface area contributed by atoms with Crippen LogP contribution < -0.4 is 5.32 Å². The number of aryl methyl sites for hydroxylation is 1. The molecule has 0 aliphatic carbocycles. The van der Waals surface area contributed by atoms with Crippen molar-refractivity contribution in [2.24, 2.45) is 11.4 Å². The molecule has 0 bridgehead atoms. The lowest BCUT2D eigenvalue weighted by Gasteiger charge is -2.28. The Morgan fingerprint density at radius 3 is 2.92 bits per heavy atom. The minimum Gasteiger partial charge on any atom is -0.345 e. The molecule has 2 aliphatic rings. The highest BCUT2D eigenvalue weighted by Gasteiger charge is 2.29. The molecule has 0 saturated carbocycles. The van der Waals surface area contributed by atoms with E-state index in [1.165, 1.54) is 0 Å². The summed E-state index contributed by atoms with van der Waals surface area (Å²) in [6.07, 6.45) is 5.00. The maximum absolute atomic E-state index is 12.6. The Morgan fingerprint density at radius 2 is 2.12 bits per heavy atom. The highest BCUT2D eigenvalue weighted by molar-refractivity contribution is 7.90. The number of sulfonamides is 1. The van der Waals surface area contributed by atoms with Gasteiger partial charge in [0.1, 0.15) is 5.82 Å². The number of amidine groups is 1. The summed E-state index contributed by atoms with van der Waals surface area (Å²) in [5.41, 5.74) is 2.06. The smallest absolute Gasteiger partial charge is 0.256 e. The van der Waals surface area contributed by atoms with Gasteiger partial charge in [0.25, 0.3) is 15.9 Å². The van der Waals surface area contributed by atoms with Gasteiger partial charge >= 0.3 is 0 Å². The fraction of sp³-hybridized carbons (Fsp3) is 0.235. The number of aromatic nitrogens is 2. The van der Waals surface area contributed by atoms with Gasteiger partial charge in [-0.15, -0.1) is 4.40 Å². The minimum absolute atomic E-state index is 0.0599. The lowest BCUT2D eigenvalue weighted by molar-refractivity contribution is -0.117. The third kappa shape index (κ3) is 2.90. The number of allylic oxidation sites excluding steroid dienone is 2. The molecule has 134 valence electrons. The summed E-state index contributed by atoms with van der Waals surface area (Å²) < 4.78 is 29.2. The molecule has 1 aromatic heterocycles. The Hall–Kier alpha value is -2.94. The normalized spacial score (nSPS) is 18.3. The van der Waals surface area contributed by atoms with Crippen molar-refractivity contribution in [3.05, 3.63) is 54.0 Å². The zero-order valence-corrected chi connectivity index (χ0v) is 14.9. The first kappa shape index (κ1) is 16.5. The van der Waals surface area contributed by atoms with Crippen LogP contribution in [0.2, 0.25) is 0 Å². The summed E-state index contributed by atoms with van der Waals surface area (Å²) in [4.78, 5) is 18.8. The average molecular weight is 371 g/mol. The fourth-order valence-corrected chi connectivity index (χ4v) is 3.99. The van der Waals surface area contributed by atoms with E-state index in [-0.39, 0.29) is 36.2 Å². The van der Waals surface area contributed by atoms with Crippen LogP contribution in [0.3, 0.4) is 0 Å². The van der Waals surface area contributed by atoms with Gasteiger partial charge in [0, 0.05) is 19.8 Å². The molecular weight excluding hydrogens is 354 g/mol. The Balaban J connectivity index is 1.56. The summed E-state index contributed by atoms with van der Waals surface area (Å²) in [7, 11) is -1.65. The van der Waals surface area contributed by atoms with Gasteiger partial charge in [0.2, 0.25) is 0 Å². The topological polar surface area (TPSA) is 96.7 Å². The first-order chi connectivity index (χ1) is 12.4. The van der Waals surface area contributed by atoms with Gasteiger partial charge in [0.05, 0.1) is 28.9 Å². The van der Waals surface area contributed by atoms with Crippen LogP contribution in [0, 0.1) is 0 Å². The quantitative estimate of drug-likeness (QED) is 0.856. The predicted molar refractivity (Wildman–Crippen MR) is 97.7 cm³/mol. The zero-order chi connectivity index (χ0) is 18.3. The largest absolute Gasteiger partial charge is 0.345 e. The molecule has 1 aromatic carbocycles. The van der Waals surface area contributed by atoms with Crippen LogP contribution in [0.4, 0.5) is 0 Å². The molecule has 26 heavy (non-hydrogen) atoms. The van der Waals surface area contributed by atoms with Gasteiger partial charge in [-0.05, 0) is 24.3 Å². The van der Waals surface area contributed by atoms with Gasteiger partial charge in [-0.25, -0.2) is 13.4 Å². The van der Waals surface area contributed by atoms with Gasteiger partial charge in [-0.3, -0.25) is 4.79 Å². The van der Waals surface area contributed by atoms with Crippen LogP contribution >= 0.6 is 0 Å². The van der Waals surface area contributed by atoms with E-state index in [0.717, 1.165) is 11.0 Å². The van der Waals surface area contributed by atoms with Gasteiger partial charge in [0.15, 0.2) is 5.84 Å². The third-order valence-electron chi connectivity index (χ3n) is 4.39. The summed E-state index contributed by atoms with van der Waals surface area (Å²) in [5.74, 6) is 0.431. The number of amides is 1. The number of rotatable bonds is 3. The Bertz CT molecular complexity index is 1090. The number of nitrogens with zero attached hydrogens (tertiary/aromatic N) is 4. The Kier molecular flexibility index (Phi) is 3.87. The molecule has 2 aliphatic heterocycles. The molecule has 9 heteroatoms. The summed E-state index contributed by atoms with van der Waals surface area (Å²) in [5, 5.41) is 2.80. The van der Waals surface area contributed by atoms with Crippen LogP contribution in [0.5, 0.6) is 0 Å². The molecule has 1 N–H and O–H groups in total. The minimum atomic E-state index is -3.54. The molecule has 4 rings (SSSR count). The number of carbonyl (C=O) groups is 1. The first-order valence-corrected chi connectivity index (χ1v) is 9.72. The maximum Gasteiger partial charge on any atom is 0.256 e. The molecular formula is C17H17N5O3S. The monoisotopic (exact) mass is 371 g/mol. The van der Waals surface area contributed by atoms with Crippen LogP contribution in [-0.4, -0.2) is 46.9 Å². The molecule has 0 radical (unpaired) electrons. The number of benzene rings is 1. The van der Waals surface area contributed by atoms with Crippen molar-refractivity contribution >= 4 is 32.8 Å². The zero-order valence-electron chi connectivity index (χ0n) is 14.1. The lowest BCUT2D eigenvalue weighted by atomic mass is 10.1. The predicted octanol–water partition coefficient (Wildman–Crippen LogP) is 0.687. The molecule has 2 aromatic rings. The fourth-order valence-electron chi connectivity index (χ4n) is 3.00. The van der Waals surface area contributed by atoms with Crippen LogP contribution in [0.25, 0.3) is 11.0 Å². The van der Waals surface area contributed by atoms with E-state index >= 15 is 0 Å². The Morgan fingerprint density at radius 1 is 1.31 bits per heavy atom. The van der Waals surface area contributed by atoms with Crippen molar-refractivity contribution in [3.63, 3.8) is 0 Å². The molecule has 3 heterocycles. The molecule has 8 nitrogen and oxygen atoms in total. The van der Waals surface area contributed by atoms with Crippen molar-refractivity contribution in [1.29, 1.82) is 0 Å². The molecule has 0 saturated heterocycles. The lowest BCUT2D eigenvalue weighted by Crippen LogP contribution is -2.42. The van der Waals surface area contributed by atoms with E-state index in [9.17, 15) is 13.2 Å². The highest BCUT2D eigenvalue weighted by Crippen LogP contribution is 2.18. The highest BCUT2D eigenvalue weighted by atomic mass is 32.2. The van der Waals surface area contributed by atoms with Crippen molar-refractivity contribution < 1.29 is 13.2 Å². The maximum atomic E-state index is 12.6. The molecule has 0 spiro atoms. The van der Waals surface area contributed by atoms with Crippen LogP contribution in [-0.2, 0) is 28.4 Å². The van der Waals surface area contributed by atoms with Crippen molar-refractivity contribution in [3.8, 4) is 0 Å². The second-order valence-electron chi connectivity index (χ2n) is 6.07. The second kappa shape index (κ2) is 6.10. The summed E-state index contributed by atoms with van der Waals surface area (Å²) in [6, 6.07) is 7.71. The third-order valence-corrected chi connectivity index (χ3v) is 5.54. The SMILES string of the molecule is Cn1c(CNC(=O)C2=CC=CN3CCS(=O)(=O)N=C23)nc2ccccc21. The first-order valence-electron chi connectivity index (χ1n) is 8.11. The standard InChI is InChI=1S/C17H17N5O3S/c1-21-14-7-3-2-6-13(14)19-15(21)11-18-17(23)12-5-4-8-22-9-10-26(24,25)20-16(12)22/h2-8H,9-11H2,1H3,(H,18,23). The van der Waals surface area contributed by atoms with E-state index in [1.54, 1.807) is 23.3 Å². The van der Waals surface area contributed by atoms with Gasteiger partial charge in [-0.2, -0.15) is 0 Å². The van der Waals surface area contributed by atoms with E-state index in [2.05, 4.69) is 14.7 Å². The molecule has 0 unspecified atom stereocenters. The van der Waals surface area contributed by atoms with Gasteiger partial charge in [-0.1, -0.05) is 12.1 Å². The molecule has 1 amide bonds. The second-order valence-corrected chi connectivity index (χ2v) is 7.83. The van der Waals surface area contributed by atoms with Gasteiger partial charge < -0.3 is 14.8 Å². The number of carbonyl (C=O) groups excluding carboxylic acids is 1. The Labute approximate surface area is 150 Å². The summed E-state index contributed by atoms with van der Waals surface area (Å²) in [6.45, 7) is 0.512.